The molecule has 1 fully saturated rings. The van der Waals surface area contributed by atoms with Gasteiger partial charge in [-0.1, -0.05) is 46.4 Å². The number of halogens is 9. The third-order valence-electron chi connectivity index (χ3n) is 3.55. The largest absolute Gasteiger partial charge is 0.490 e. The Bertz CT molecular complexity index is 533. The molecule has 3 atom stereocenters. The van der Waals surface area contributed by atoms with Gasteiger partial charge in [0.2, 0.25) is 0 Å². The third kappa shape index (κ3) is 2.26. The first-order valence-corrected chi connectivity index (χ1v) is 7.62. The van der Waals surface area contributed by atoms with Gasteiger partial charge in [-0.05, 0) is 6.42 Å². The molecule has 0 aromatic carbocycles. The van der Waals surface area contributed by atoms with Crippen LogP contribution in [0.2, 0.25) is 0 Å². The van der Waals surface area contributed by atoms with Gasteiger partial charge in [-0.25, -0.2) is 4.79 Å². The van der Waals surface area contributed by atoms with E-state index in [4.69, 9.17) is 69.6 Å². The molecular weight excluding hydrogens is 422 g/mol. The molecule has 2 nitrogen and oxygen atoms in total. The number of allylic oxidation sites excluding steroid dienone is 2. The maximum Gasteiger partial charge on any atom is 0.490 e. The summed E-state index contributed by atoms with van der Waals surface area (Å²) in [5.41, 5.74) is 0. The number of rotatable bonds is 2. The highest BCUT2D eigenvalue weighted by Crippen LogP contribution is 2.74. The summed E-state index contributed by atoms with van der Waals surface area (Å²) < 4.78 is 38.7. The number of alkyl halides is 7. The molecule has 21 heavy (non-hydrogen) atoms. The summed E-state index contributed by atoms with van der Waals surface area (Å²) in [7, 11) is 0. The van der Waals surface area contributed by atoms with Crippen molar-refractivity contribution in [1.82, 2.24) is 0 Å². The summed E-state index contributed by atoms with van der Waals surface area (Å²) in [6, 6.07) is 0. The maximum absolute atomic E-state index is 12.1. The lowest BCUT2D eigenvalue weighted by atomic mass is 9.93. The van der Waals surface area contributed by atoms with Crippen molar-refractivity contribution >= 4 is 75.6 Å². The molecule has 2 aliphatic rings. The molecular formula is C10H5Cl6F3O2. The minimum atomic E-state index is -5.12. The van der Waals surface area contributed by atoms with Gasteiger partial charge >= 0.3 is 12.1 Å². The molecule has 0 N–H and O–H groups in total. The third-order valence-corrected chi connectivity index (χ3v) is 7.88. The number of ether oxygens (including phenoxy) is 1. The van der Waals surface area contributed by atoms with Gasteiger partial charge in [0.05, 0.1) is 16.7 Å². The van der Waals surface area contributed by atoms with Crippen molar-refractivity contribution in [3.05, 3.63) is 10.1 Å². The number of hydrogen-bond acceptors (Lipinski definition) is 2. The van der Waals surface area contributed by atoms with Crippen LogP contribution in [0.5, 0.6) is 0 Å². The van der Waals surface area contributed by atoms with Gasteiger partial charge in [0, 0.05) is 5.92 Å². The lowest BCUT2D eigenvalue weighted by Gasteiger charge is -2.33. The normalized spacial score (nSPS) is 38.0. The Morgan fingerprint density at radius 3 is 2.10 bits per heavy atom. The maximum atomic E-state index is 12.1. The van der Waals surface area contributed by atoms with E-state index in [1.165, 1.54) is 0 Å². The molecule has 120 valence electrons. The van der Waals surface area contributed by atoms with Crippen LogP contribution in [0.1, 0.15) is 6.42 Å². The van der Waals surface area contributed by atoms with Crippen LogP contribution in [0.4, 0.5) is 13.2 Å². The average molecular weight is 427 g/mol. The van der Waals surface area contributed by atoms with E-state index in [0.29, 0.717) is 0 Å². The molecule has 0 heterocycles. The van der Waals surface area contributed by atoms with Crippen molar-refractivity contribution in [2.24, 2.45) is 5.92 Å². The molecule has 1 saturated carbocycles. The van der Waals surface area contributed by atoms with Crippen LogP contribution in [0, 0.1) is 5.92 Å². The Hall–Kier alpha value is 0.740. The first kappa shape index (κ1) is 18.1. The van der Waals surface area contributed by atoms with Crippen LogP contribution in [0.15, 0.2) is 10.1 Å². The van der Waals surface area contributed by atoms with Gasteiger partial charge in [0.15, 0.2) is 4.33 Å². The Labute approximate surface area is 147 Å². The van der Waals surface area contributed by atoms with Crippen LogP contribution in [-0.4, -0.2) is 32.8 Å². The number of esters is 1. The quantitative estimate of drug-likeness (QED) is 0.461. The molecule has 0 saturated heterocycles. The fourth-order valence-corrected chi connectivity index (χ4v) is 5.29. The van der Waals surface area contributed by atoms with Crippen LogP contribution in [-0.2, 0) is 9.53 Å². The van der Waals surface area contributed by atoms with E-state index in [9.17, 15) is 18.0 Å². The van der Waals surface area contributed by atoms with Gasteiger partial charge in [0.25, 0.3) is 0 Å². The number of fused-ring (bicyclic) bond motifs is 2. The lowest BCUT2D eigenvalue weighted by Crippen LogP contribution is -2.45. The van der Waals surface area contributed by atoms with Gasteiger partial charge < -0.3 is 4.74 Å². The standard InChI is InChI=1S/C10H5Cl6F3O2/c11-4-5(12)8(14)3(1-7(4,13)10(8,15)16)2-21-6(20)9(17,18)19/h3H,1-2H2. The van der Waals surface area contributed by atoms with E-state index in [0.717, 1.165) is 0 Å². The van der Waals surface area contributed by atoms with Gasteiger partial charge in [0.1, 0.15) is 9.75 Å². The second-order valence-corrected chi connectivity index (χ2v) is 8.04. The molecule has 2 rings (SSSR count). The monoisotopic (exact) mass is 424 g/mol. The highest BCUT2D eigenvalue weighted by Gasteiger charge is 2.78. The predicted octanol–water partition coefficient (Wildman–Crippen LogP) is 4.94. The summed E-state index contributed by atoms with van der Waals surface area (Å²) in [5, 5.41) is -0.227. The zero-order valence-corrected chi connectivity index (χ0v) is 14.2. The fraction of sp³-hybridized carbons (Fsp3) is 0.700. The molecule has 2 aliphatic carbocycles. The highest BCUT2D eigenvalue weighted by molar-refractivity contribution is 6.65. The van der Waals surface area contributed by atoms with Crippen LogP contribution in [0.25, 0.3) is 0 Å². The van der Waals surface area contributed by atoms with Crippen LogP contribution < -0.4 is 0 Å². The van der Waals surface area contributed by atoms with E-state index in [2.05, 4.69) is 4.74 Å². The Morgan fingerprint density at radius 2 is 1.71 bits per heavy atom. The molecule has 0 aliphatic heterocycles. The lowest BCUT2D eigenvalue weighted by molar-refractivity contribution is -0.201. The minimum Gasteiger partial charge on any atom is -0.459 e. The summed E-state index contributed by atoms with van der Waals surface area (Å²) in [6.45, 7) is -0.697. The van der Waals surface area contributed by atoms with Crippen molar-refractivity contribution in [1.29, 1.82) is 0 Å². The Kier molecular flexibility index (Phi) is 4.41. The molecule has 0 spiro atoms. The highest BCUT2D eigenvalue weighted by atomic mass is 35.5. The molecule has 0 aromatic heterocycles. The second-order valence-electron chi connectivity index (χ2n) is 4.71. The minimum absolute atomic E-state index is 0.0655. The molecule has 0 amide bonds. The number of carbonyl (C=O) groups excluding carboxylic acids is 1. The molecule has 0 aromatic rings. The fourth-order valence-electron chi connectivity index (χ4n) is 2.46. The van der Waals surface area contributed by atoms with Crippen molar-refractivity contribution in [2.45, 2.75) is 26.7 Å². The SMILES string of the molecule is O=C(OCC1CC2(Cl)C(Cl)=C(Cl)C1(Cl)C2(Cl)Cl)C(F)(F)F. The first-order valence-electron chi connectivity index (χ1n) is 5.36. The zero-order valence-electron chi connectivity index (χ0n) is 9.71. The topological polar surface area (TPSA) is 26.3 Å². The number of hydrogen-bond donors (Lipinski definition) is 0. The van der Waals surface area contributed by atoms with Crippen molar-refractivity contribution < 1.29 is 22.7 Å². The summed E-state index contributed by atoms with van der Waals surface area (Å²) >= 11 is 36.7. The Balaban J connectivity index is 2.25. The molecule has 11 heteroatoms. The smallest absolute Gasteiger partial charge is 0.459 e. The average Bonchev–Trinajstić information content (AvgIpc) is 2.56. The van der Waals surface area contributed by atoms with Gasteiger partial charge in [-0.15, -0.1) is 23.2 Å². The second kappa shape index (κ2) is 5.12. The van der Waals surface area contributed by atoms with Crippen molar-refractivity contribution in [3.8, 4) is 0 Å². The van der Waals surface area contributed by atoms with E-state index in [-0.39, 0.29) is 16.5 Å². The number of carbonyl (C=O) groups is 1. The van der Waals surface area contributed by atoms with Gasteiger partial charge in [-0.2, -0.15) is 13.2 Å². The summed E-state index contributed by atoms with van der Waals surface area (Å²) in [5.74, 6) is -3.27. The van der Waals surface area contributed by atoms with Crippen LogP contribution >= 0.6 is 69.6 Å². The zero-order chi connectivity index (χ0) is 16.4. The first-order chi connectivity index (χ1) is 9.30. The predicted molar refractivity (Wildman–Crippen MR) is 75.5 cm³/mol. The van der Waals surface area contributed by atoms with Crippen LogP contribution in [0.3, 0.4) is 0 Å². The van der Waals surface area contributed by atoms with Crippen molar-refractivity contribution in [3.63, 3.8) is 0 Å². The summed E-state index contributed by atoms with van der Waals surface area (Å²) in [6.07, 6.45) is -5.21. The van der Waals surface area contributed by atoms with E-state index < -0.39 is 38.8 Å². The van der Waals surface area contributed by atoms with E-state index in [1.807, 2.05) is 0 Å². The van der Waals surface area contributed by atoms with E-state index >= 15 is 0 Å². The van der Waals surface area contributed by atoms with E-state index in [1.54, 1.807) is 0 Å². The van der Waals surface area contributed by atoms with Crippen molar-refractivity contribution in [2.75, 3.05) is 6.61 Å². The van der Waals surface area contributed by atoms with Gasteiger partial charge in [-0.3, -0.25) is 0 Å². The molecule has 3 unspecified atom stereocenters. The Morgan fingerprint density at radius 1 is 1.19 bits per heavy atom. The molecule has 0 radical (unpaired) electrons. The summed E-state index contributed by atoms with van der Waals surface area (Å²) in [4.78, 5) is 7.48. The molecule has 2 bridgehead atoms.